The smallest absolute Gasteiger partial charge is 0.0681 e. The Labute approximate surface area is 82.7 Å². The van der Waals surface area contributed by atoms with Crippen molar-refractivity contribution in [1.29, 1.82) is 0 Å². The maximum atomic E-state index is 8.88. The summed E-state index contributed by atoms with van der Waals surface area (Å²) in [4.78, 5) is 0. The Kier molecular flexibility index (Phi) is 5.45. The average molecular weight is 208 g/mol. The van der Waals surface area contributed by atoms with Crippen molar-refractivity contribution >= 4 is 0 Å². The quantitative estimate of drug-likeness (QED) is 0.231. The van der Waals surface area contributed by atoms with Gasteiger partial charge in [0, 0.05) is 18.1 Å². The van der Waals surface area contributed by atoms with Gasteiger partial charge in [-0.3, -0.25) is 0 Å². The lowest BCUT2D eigenvalue weighted by atomic mass is 9.78. The molecule has 0 radical (unpaired) electrons. The van der Waals surface area contributed by atoms with E-state index in [-0.39, 0.29) is 0 Å². The molecular weight excluding hydrogens is 188 g/mol. The van der Waals surface area contributed by atoms with E-state index in [0.717, 1.165) is 0 Å². The molecular formula is C7H20N4O3. The first-order valence-corrected chi connectivity index (χ1v) is 4.33. The highest BCUT2D eigenvalue weighted by Gasteiger charge is 2.43. The fourth-order valence-corrected chi connectivity index (χ4v) is 1.30. The molecule has 86 valence electrons. The van der Waals surface area contributed by atoms with Crippen LogP contribution in [0.1, 0.15) is 0 Å². The van der Waals surface area contributed by atoms with E-state index in [9.17, 15) is 0 Å². The minimum atomic E-state index is -1.39. The van der Waals surface area contributed by atoms with Crippen LogP contribution in [0.4, 0.5) is 0 Å². The topological polar surface area (TPSA) is 165 Å². The molecule has 0 aromatic heterocycles. The zero-order valence-electron chi connectivity index (χ0n) is 8.00. The minimum absolute atomic E-state index is 0.419. The summed E-state index contributed by atoms with van der Waals surface area (Å²) in [5.74, 6) is 0. The van der Waals surface area contributed by atoms with Crippen LogP contribution in [-0.2, 0) is 0 Å². The zero-order valence-corrected chi connectivity index (χ0v) is 8.00. The lowest BCUT2D eigenvalue weighted by molar-refractivity contribution is 0.101. The van der Waals surface area contributed by atoms with Crippen molar-refractivity contribution in [2.75, 3.05) is 19.8 Å². The minimum Gasteiger partial charge on any atom is -0.395 e. The van der Waals surface area contributed by atoms with E-state index in [1.807, 2.05) is 0 Å². The molecule has 0 aliphatic carbocycles. The Balaban J connectivity index is 4.83. The Morgan fingerprint density at radius 1 is 0.786 bits per heavy atom. The van der Waals surface area contributed by atoms with Crippen LogP contribution in [0.2, 0.25) is 0 Å². The Bertz CT molecular complexity index is 142. The van der Waals surface area contributed by atoms with Gasteiger partial charge in [0.25, 0.3) is 0 Å². The zero-order chi connectivity index (χ0) is 11.4. The summed E-state index contributed by atoms with van der Waals surface area (Å²) in [6.45, 7) is -1.26. The van der Waals surface area contributed by atoms with Gasteiger partial charge in [0.1, 0.15) is 0 Å². The van der Waals surface area contributed by atoms with Crippen molar-refractivity contribution in [3.8, 4) is 0 Å². The average Bonchev–Trinajstić information content (AvgIpc) is 2.24. The van der Waals surface area contributed by atoms with Gasteiger partial charge in [-0.15, -0.1) is 0 Å². The highest BCUT2D eigenvalue weighted by Crippen LogP contribution is 2.13. The molecule has 0 aliphatic rings. The van der Waals surface area contributed by atoms with E-state index in [0.29, 0.717) is 0 Å². The van der Waals surface area contributed by atoms with Gasteiger partial charge in [-0.25, -0.2) is 0 Å². The largest absolute Gasteiger partial charge is 0.395 e. The molecule has 0 aromatic rings. The summed E-state index contributed by atoms with van der Waals surface area (Å²) >= 11 is 0. The van der Waals surface area contributed by atoms with Crippen molar-refractivity contribution in [3.63, 3.8) is 0 Å². The van der Waals surface area contributed by atoms with Crippen molar-refractivity contribution in [3.05, 3.63) is 0 Å². The normalized spacial score (nSPS) is 22.5. The van der Waals surface area contributed by atoms with Crippen molar-refractivity contribution in [1.82, 2.24) is 0 Å². The second-order valence-corrected chi connectivity index (χ2v) is 3.37. The van der Waals surface area contributed by atoms with Crippen LogP contribution in [0.3, 0.4) is 0 Å². The summed E-state index contributed by atoms with van der Waals surface area (Å²) in [5, 5.41) is 26.6. The van der Waals surface area contributed by atoms with E-state index in [1.54, 1.807) is 0 Å². The molecule has 0 spiro atoms. The van der Waals surface area contributed by atoms with E-state index in [4.69, 9.17) is 38.3 Å². The molecule has 0 aliphatic heterocycles. The number of aliphatic hydroxyl groups excluding tert-OH is 3. The molecule has 0 fully saturated rings. The third-order valence-corrected chi connectivity index (χ3v) is 2.52. The first kappa shape index (κ1) is 13.7. The van der Waals surface area contributed by atoms with Gasteiger partial charge in [-0.05, 0) is 0 Å². The number of hydrogen-bond acceptors (Lipinski definition) is 7. The van der Waals surface area contributed by atoms with E-state index in [2.05, 4.69) is 0 Å². The molecule has 0 aromatic carbocycles. The number of hydrogen-bond donors (Lipinski definition) is 7. The Morgan fingerprint density at radius 2 is 1.00 bits per heavy atom. The van der Waals surface area contributed by atoms with Gasteiger partial charge in [0.05, 0.1) is 25.4 Å². The summed E-state index contributed by atoms with van der Waals surface area (Å²) < 4.78 is 0. The molecule has 0 saturated heterocycles. The lowest BCUT2D eigenvalue weighted by Crippen LogP contribution is -2.76. The fraction of sp³-hybridized carbons (Fsp3) is 1.00. The summed E-state index contributed by atoms with van der Waals surface area (Å²) in [6, 6.07) is -2.69. The van der Waals surface area contributed by atoms with Gasteiger partial charge in [0.15, 0.2) is 0 Å². The third kappa shape index (κ3) is 2.39. The van der Waals surface area contributed by atoms with Crippen molar-refractivity contribution in [2.45, 2.75) is 23.7 Å². The molecule has 3 unspecified atom stereocenters. The van der Waals surface area contributed by atoms with E-state index >= 15 is 0 Å². The summed E-state index contributed by atoms with van der Waals surface area (Å²) in [5.41, 5.74) is 21.1. The fourth-order valence-electron chi connectivity index (χ4n) is 1.30. The first-order valence-electron chi connectivity index (χ1n) is 4.33. The van der Waals surface area contributed by atoms with Gasteiger partial charge in [-0.2, -0.15) is 0 Å². The second kappa shape index (κ2) is 5.56. The van der Waals surface area contributed by atoms with Crippen LogP contribution < -0.4 is 22.9 Å². The molecule has 0 bridgehead atoms. The SMILES string of the molecule is NC(CO)C(N)(C(N)CO)C(N)CO. The van der Waals surface area contributed by atoms with Crippen molar-refractivity contribution in [2.24, 2.45) is 22.9 Å². The molecule has 7 nitrogen and oxygen atoms in total. The molecule has 0 saturated carbocycles. The van der Waals surface area contributed by atoms with Crippen molar-refractivity contribution < 1.29 is 15.3 Å². The maximum Gasteiger partial charge on any atom is 0.0681 e. The molecule has 3 atom stereocenters. The Hall–Kier alpha value is -0.280. The van der Waals surface area contributed by atoms with Crippen LogP contribution >= 0.6 is 0 Å². The highest BCUT2D eigenvalue weighted by molar-refractivity contribution is 5.08. The van der Waals surface area contributed by atoms with Crippen LogP contribution in [-0.4, -0.2) is 58.8 Å². The predicted molar refractivity (Wildman–Crippen MR) is 52.1 cm³/mol. The van der Waals surface area contributed by atoms with E-state index < -0.39 is 43.5 Å². The summed E-state index contributed by atoms with van der Waals surface area (Å²) in [7, 11) is 0. The monoisotopic (exact) mass is 208 g/mol. The molecule has 14 heavy (non-hydrogen) atoms. The van der Waals surface area contributed by atoms with Gasteiger partial charge in [0.2, 0.25) is 0 Å². The predicted octanol–water partition coefficient (Wildman–Crippen LogP) is -4.36. The maximum absolute atomic E-state index is 8.88. The van der Waals surface area contributed by atoms with Gasteiger partial charge < -0.3 is 38.3 Å². The molecule has 0 amide bonds. The first-order chi connectivity index (χ1) is 6.44. The Morgan fingerprint density at radius 3 is 1.14 bits per heavy atom. The van der Waals surface area contributed by atoms with E-state index in [1.165, 1.54) is 0 Å². The standard InChI is InChI=1S/C7H20N4O3/c8-4(1-12)7(11,5(9)2-13)6(10)3-14/h4-6,12-14H,1-3,8-11H2. The molecule has 0 rings (SSSR count). The summed E-state index contributed by atoms with van der Waals surface area (Å²) in [6.07, 6.45) is 0. The molecule has 0 heterocycles. The molecule has 7 heteroatoms. The van der Waals surface area contributed by atoms with Crippen LogP contribution in [0.25, 0.3) is 0 Å². The lowest BCUT2D eigenvalue weighted by Gasteiger charge is -2.42. The third-order valence-electron chi connectivity index (χ3n) is 2.52. The number of aliphatic hydroxyl groups is 3. The highest BCUT2D eigenvalue weighted by atomic mass is 16.3. The molecule has 11 N–H and O–H groups in total. The second-order valence-electron chi connectivity index (χ2n) is 3.37. The van der Waals surface area contributed by atoms with Gasteiger partial charge >= 0.3 is 0 Å². The van der Waals surface area contributed by atoms with Crippen LogP contribution in [0.5, 0.6) is 0 Å². The number of rotatable bonds is 6. The number of nitrogens with two attached hydrogens (primary N) is 4. The van der Waals surface area contributed by atoms with Gasteiger partial charge in [-0.1, -0.05) is 0 Å². The van der Waals surface area contributed by atoms with Crippen LogP contribution in [0, 0.1) is 0 Å². The van der Waals surface area contributed by atoms with Crippen LogP contribution in [0.15, 0.2) is 0 Å².